The number of hydrazone groups is 1. The van der Waals surface area contributed by atoms with Crippen LogP contribution in [0.25, 0.3) is 0 Å². The molecule has 5 nitrogen and oxygen atoms in total. The average molecular weight is 406 g/mol. The van der Waals surface area contributed by atoms with Gasteiger partial charge in [0.15, 0.2) is 0 Å². The minimum Gasteiger partial charge on any atom is -0.497 e. The fraction of sp³-hybridized carbons (Fsp3) is 0.440. The fourth-order valence-corrected chi connectivity index (χ4v) is 4.56. The molecule has 1 fully saturated rings. The lowest BCUT2D eigenvalue weighted by Gasteiger charge is -2.34. The van der Waals surface area contributed by atoms with Gasteiger partial charge in [0.2, 0.25) is 0 Å². The number of piperidine rings is 1. The number of likely N-dealkylation sites (tertiary alicyclic amines) is 1. The summed E-state index contributed by atoms with van der Waals surface area (Å²) in [5.74, 6) is 0.879. The number of aryl methyl sites for hydroxylation is 1. The van der Waals surface area contributed by atoms with Crippen LogP contribution in [0.4, 0.5) is 0 Å². The molecule has 1 amide bonds. The van der Waals surface area contributed by atoms with Gasteiger partial charge in [-0.1, -0.05) is 42.8 Å². The molecule has 0 aromatic heterocycles. The van der Waals surface area contributed by atoms with Gasteiger partial charge in [-0.05, 0) is 56.5 Å². The van der Waals surface area contributed by atoms with Crippen LogP contribution in [0.2, 0.25) is 0 Å². The average Bonchev–Trinajstić information content (AvgIpc) is 3.21. The van der Waals surface area contributed by atoms with Crippen LogP contribution < -0.4 is 4.74 Å². The maximum absolute atomic E-state index is 13.4. The van der Waals surface area contributed by atoms with Gasteiger partial charge in [0.05, 0.1) is 25.4 Å². The van der Waals surface area contributed by atoms with Crippen LogP contribution in [0.3, 0.4) is 0 Å². The highest BCUT2D eigenvalue weighted by atomic mass is 16.5. The molecule has 0 saturated carbocycles. The molecular weight excluding hydrogens is 374 g/mol. The van der Waals surface area contributed by atoms with Crippen molar-refractivity contribution in [2.24, 2.45) is 5.10 Å². The van der Waals surface area contributed by atoms with E-state index < -0.39 is 0 Å². The van der Waals surface area contributed by atoms with Crippen molar-refractivity contribution in [2.45, 2.75) is 51.6 Å². The van der Waals surface area contributed by atoms with Crippen LogP contribution in [0, 0.1) is 6.92 Å². The maximum Gasteiger partial charge on any atom is 0.257 e. The third kappa shape index (κ3) is 4.26. The second-order valence-electron chi connectivity index (χ2n) is 8.41. The molecule has 4 rings (SSSR count). The molecule has 2 aromatic rings. The Labute approximate surface area is 179 Å². The Morgan fingerprint density at radius 1 is 1.17 bits per heavy atom. The highest BCUT2D eigenvalue weighted by molar-refractivity contribution is 6.03. The Morgan fingerprint density at radius 2 is 2.00 bits per heavy atom. The summed E-state index contributed by atoms with van der Waals surface area (Å²) in [7, 11) is 1.67. The summed E-state index contributed by atoms with van der Waals surface area (Å²) in [6.07, 6.45) is 4.28. The quantitative estimate of drug-likeness (QED) is 0.733. The summed E-state index contributed by atoms with van der Waals surface area (Å²) < 4.78 is 5.39. The number of ether oxygens (including phenoxy) is 1. The monoisotopic (exact) mass is 405 g/mol. The van der Waals surface area contributed by atoms with Crippen molar-refractivity contribution in [1.82, 2.24) is 9.91 Å². The highest BCUT2D eigenvalue weighted by Gasteiger charge is 2.35. The van der Waals surface area contributed by atoms with Crippen molar-refractivity contribution in [3.8, 4) is 5.75 Å². The molecule has 0 aliphatic carbocycles. The van der Waals surface area contributed by atoms with E-state index in [1.165, 1.54) is 17.5 Å². The summed E-state index contributed by atoms with van der Waals surface area (Å²) in [5.41, 5.74) is 4.30. The summed E-state index contributed by atoms with van der Waals surface area (Å²) in [6.45, 7) is 5.75. The summed E-state index contributed by atoms with van der Waals surface area (Å²) >= 11 is 0. The number of benzene rings is 2. The number of hydrogen-bond donors (Lipinski definition) is 0. The first kappa shape index (κ1) is 20.6. The lowest BCUT2D eigenvalue weighted by Crippen LogP contribution is -2.44. The SMILES string of the molecule is COc1cccc(C2=NN(C(=O)CN3CCCCC3C)C(c3ccccc3C)C2)c1. The predicted molar refractivity (Wildman–Crippen MR) is 120 cm³/mol. The molecule has 0 spiro atoms. The topological polar surface area (TPSA) is 45.1 Å². The smallest absolute Gasteiger partial charge is 0.257 e. The van der Waals surface area contributed by atoms with Crippen molar-refractivity contribution < 1.29 is 9.53 Å². The second-order valence-corrected chi connectivity index (χ2v) is 8.41. The molecular formula is C25H31N3O2. The number of amides is 1. The molecule has 5 heteroatoms. The number of hydrogen-bond acceptors (Lipinski definition) is 4. The minimum absolute atomic E-state index is 0.0694. The van der Waals surface area contributed by atoms with Crippen molar-refractivity contribution >= 4 is 11.6 Å². The van der Waals surface area contributed by atoms with E-state index in [4.69, 9.17) is 9.84 Å². The Balaban J connectivity index is 1.64. The van der Waals surface area contributed by atoms with Crippen molar-refractivity contribution in [1.29, 1.82) is 0 Å². The molecule has 0 radical (unpaired) electrons. The predicted octanol–water partition coefficient (Wildman–Crippen LogP) is 4.56. The highest BCUT2D eigenvalue weighted by Crippen LogP contribution is 2.35. The third-order valence-electron chi connectivity index (χ3n) is 6.40. The van der Waals surface area contributed by atoms with Crippen molar-refractivity contribution in [3.05, 3.63) is 65.2 Å². The molecule has 2 heterocycles. The lowest BCUT2D eigenvalue weighted by molar-refractivity contribution is -0.135. The zero-order chi connectivity index (χ0) is 21.1. The van der Waals surface area contributed by atoms with Gasteiger partial charge in [-0.3, -0.25) is 9.69 Å². The molecule has 2 aromatic carbocycles. The van der Waals surface area contributed by atoms with Gasteiger partial charge in [-0.15, -0.1) is 0 Å². The fourth-order valence-electron chi connectivity index (χ4n) is 4.56. The van der Waals surface area contributed by atoms with Gasteiger partial charge in [-0.25, -0.2) is 5.01 Å². The molecule has 0 N–H and O–H groups in total. The number of carbonyl (C=O) groups excluding carboxylic acids is 1. The van der Waals surface area contributed by atoms with Gasteiger partial charge in [0.1, 0.15) is 5.75 Å². The van der Waals surface area contributed by atoms with Crippen LogP contribution in [-0.2, 0) is 4.79 Å². The Hall–Kier alpha value is -2.66. The molecule has 30 heavy (non-hydrogen) atoms. The zero-order valence-electron chi connectivity index (χ0n) is 18.2. The van der Waals surface area contributed by atoms with E-state index in [0.29, 0.717) is 19.0 Å². The first-order chi connectivity index (χ1) is 14.6. The number of nitrogens with zero attached hydrogens (tertiary/aromatic N) is 3. The Kier molecular flexibility index (Phi) is 6.18. The van der Waals surface area contributed by atoms with Gasteiger partial charge < -0.3 is 4.74 Å². The summed E-state index contributed by atoms with van der Waals surface area (Å²) in [6, 6.07) is 16.6. The normalized spacial score (nSPS) is 22.1. The van der Waals surface area contributed by atoms with Crippen LogP contribution >= 0.6 is 0 Å². The van der Waals surface area contributed by atoms with E-state index in [1.54, 1.807) is 12.1 Å². The number of methoxy groups -OCH3 is 1. The van der Waals surface area contributed by atoms with E-state index in [-0.39, 0.29) is 11.9 Å². The molecule has 2 unspecified atom stereocenters. The number of carbonyl (C=O) groups is 1. The van der Waals surface area contributed by atoms with E-state index in [0.717, 1.165) is 36.4 Å². The van der Waals surface area contributed by atoms with Crippen molar-refractivity contribution in [3.63, 3.8) is 0 Å². The molecule has 0 bridgehead atoms. The molecule has 1 saturated heterocycles. The van der Waals surface area contributed by atoms with Crippen LogP contribution in [0.5, 0.6) is 5.75 Å². The summed E-state index contributed by atoms with van der Waals surface area (Å²) in [4.78, 5) is 15.7. The molecule has 158 valence electrons. The molecule has 2 aliphatic heterocycles. The van der Waals surface area contributed by atoms with Crippen molar-refractivity contribution in [2.75, 3.05) is 20.2 Å². The molecule has 2 aliphatic rings. The van der Waals surface area contributed by atoms with E-state index in [2.05, 4.69) is 30.9 Å². The first-order valence-electron chi connectivity index (χ1n) is 10.9. The maximum atomic E-state index is 13.4. The van der Waals surface area contributed by atoms with Gasteiger partial charge >= 0.3 is 0 Å². The number of rotatable bonds is 5. The largest absolute Gasteiger partial charge is 0.497 e. The first-order valence-corrected chi connectivity index (χ1v) is 10.9. The van der Waals surface area contributed by atoms with Crippen LogP contribution in [0.15, 0.2) is 53.6 Å². The van der Waals surface area contributed by atoms with Gasteiger partial charge in [0, 0.05) is 18.0 Å². The van der Waals surface area contributed by atoms with Crippen LogP contribution in [0.1, 0.15) is 55.3 Å². The minimum atomic E-state index is -0.0694. The third-order valence-corrected chi connectivity index (χ3v) is 6.40. The zero-order valence-corrected chi connectivity index (χ0v) is 18.2. The summed E-state index contributed by atoms with van der Waals surface area (Å²) in [5, 5.41) is 6.58. The van der Waals surface area contributed by atoms with E-state index in [9.17, 15) is 4.79 Å². The Morgan fingerprint density at radius 3 is 2.77 bits per heavy atom. The Bertz CT molecular complexity index is 939. The van der Waals surface area contributed by atoms with Gasteiger partial charge in [-0.2, -0.15) is 5.10 Å². The second kappa shape index (κ2) is 9.00. The standard InChI is InChI=1S/C25H31N3O2/c1-18-9-4-5-13-22(18)24-16-23(20-11-8-12-21(15-20)30-3)26-28(24)25(29)17-27-14-7-6-10-19(27)2/h4-5,8-9,11-13,15,19,24H,6-7,10,14,16-17H2,1-3H3. The molecule has 2 atom stereocenters. The van der Waals surface area contributed by atoms with E-state index >= 15 is 0 Å². The van der Waals surface area contributed by atoms with Crippen LogP contribution in [-0.4, -0.2) is 47.8 Å². The van der Waals surface area contributed by atoms with Gasteiger partial charge in [0.25, 0.3) is 5.91 Å². The lowest BCUT2D eigenvalue weighted by atomic mass is 9.95. The van der Waals surface area contributed by atoms with E-state index in [1.807, 2.05) is 36.4 Å².